The zero-order chi connectivity index (χ0) is 15.5. The van der Waals surface area contributed by atoms with Gasteiger partial charge in [-0.3, -0.25) is 0 Å². The molecule has 116 valence electrons. The second kappa shape index (κ2) is 6.78. The Hall–Kier alpha value is -1.09. The van der Waals surface area contributed by atoms with Crippen LogP contribution in [0.5, 0.6) is 0 Å². The van der Waals surface area contributed by atoms with Crippen molar-refractivity contribution in [1.29, 1.82) is 0 Å². The van der Waals surface area contributed by atoms with E-state index in [1.165, 1.54) is 12.1 Å². The third kappa shape index (κ3) is 4.19. The van der Waals surface area contributed by atoms with E-state index in [4.69, 9.17) is 22.7 Å². The van der Waals surface area contributed by atoms with Gasteiger partial charge in [-0.25, -0.2) is 17.5 Å². The Morgan fingerprint density at radius 1 is 1.43 bits per heavy atom. The molecule has 0 atom stereocenters. The van der Waals surface area contributed by atoms with Crippen LogP contribution >= 0.6 is 12.2 Å². The maximum Gasteiger partial charge on any atom is 0.214 e. The van der Waals surface area contributed by atoms with Gasteiger partial charge in [0.15, 0.2) is 0 Å². The number of nitrogens with one attached hydrogen (secondary N) is 1. The molecule has 1 aromatic carbocycles. The number of rotatable bonds is 5. The Bertz CT molecular complexity index is 628. The summed E-state index contributed by atoms with van der Waals surface area (Å²) in [5, 5.41) is -0.481. The maximum atomic E-state index is 13.9. The van der Waals surface area contributed by atoms with E-state index in [1.807, 2.05) is 0 Å². The standard InChI is InChI=1S/C13H17FN2O3S2/c14-12-7-9(13(15)20)1-2-10(12)8-16-21(17,18)11-3-5-19-6-4-11/h1-2,7,11,16H,3-6,8H2,(H2,15,20). The molecule has 1 fully saturated rings. The molecular formula is C13H17FN2O3S2. The lowest BCUT2D eigenvalue weighted by atomic mass is 10.1. The summed E-state index contributed by atoms with van der Waals surface area (Å²) in [6.07, 6.45) is 0.913. The highest BCUT2D eigenvalue weighted by molar-refractivity contribution is 7.90. The molecule has 8 heteroatoms. The second-order valence-corrected chi connectivity index (χ2v) is 7.33. The summed E-state index contributed by atoms with van der Waals surface area (Å²) in [5.41, 5.74) is 6.09. The van der Waals surface area contributed by atoms with Gasteiger partial charge in [0.05, 0.1) is 5.25 Å². The van der Waals surface area contributed by atoms with Gasteiger partial charge in [0.25, 0.3) is 0 Å². The number of halogens is 1. The van der Waals surface area contributed by atoms with Crippen molar-refractivity contribution in [2.45, 2.75) is 24.6 Å². The Morgan fingerprint density at radius 3 is 2.67 bits per heavy atom. The summed E-state index contributed by atoms with van der Waals surface area (Å²) < 4.78 is 45.7. The van der Waals surface area contributed by atoms with Crippen molar-refractivity contribution in [2.24, 2.45) is 5.73 Å². The number of ether oxygens (including phenoxy) is 1. The number of thiocarbonyl (C=S) groups is 1. The average molecular weight is 332 g/mol. The molecule has 0 saturated carbocycles. The highest BCUT2D eigenvalue weighted by Gasteiger charge is 2.27. The lowest BCUT2D eigenvalue weighted by Crippen LogP contribution is -2.37. The minimum atomic E-state index is -3.47. The number of hydrogen-bond donors (Lipinski definition) is 2. The van der Waals surface area contributed by atoms with Crippen LogP contribution in [0.25, 0.3) is 0 Å². The largest absolute Gasteiger partial charge is 0.389 e. The molecule has 1 aliphatic heterocycles. The fourth-order valence-electron chi connectivity index (χ4n) is 2.13. The summed E-state index contributed by atoms with van der Waals surface area (Å²) in [4.78, 5) is 0.100. The van der Waals surface area contributed by atoms with Gasteiger partial charge in [-0.1, -0.05) is 24.4 Å². The van der Waals surface area contributed by atoms with Crippen molar-refractivity contribution in [3.05, 3.63) is 35.1 Å². The lowest BCUT2D eigenvalue weighted by Gasteiger charge is -2.22. The van der Waals surface area contributed by atoms with Crippen molar-refractivity contribution in [3.63, 3.8) is 0 Å². The van der Waals surface area contributed by atoms with Crippen molar-refractivity contribution >= 4 is 27.2 Å². The van der Waals surface area contributed by atoms with Crippen LogP contribution in [-0.4, -0.2) is 31.9 Å². The Kier molecular flexibility index (Phi) is 5.26. The van der Waals surface area contributed by atoms with Crippen molar-refractivity contribution in [3.8, 4) is 0 Å². The Morgan fingerprint density at radius 2 is 2.10 bits per heavy atom. The molecule has 2 rings (SSSR count). The van der Waals surface area contributed by atoms with E-state index in [0.29, 0.717) is 31.6 Å². The van der Waals surface area contributed by atoms with Gasteiger partial charge in [-0.15, -0.1) is 0 Å². The molecule has 0 aromatic heterocycles. The van der Waals surface area contributed by atoms with Gasteiger partial charge in [-0.05, 0) is 18.9 Å². The van der Waals surface area contributed by atoms with Crippen LogP contribution in [0.15, 0.2) is 18.2 Å². The third-order valence-electron chi connectivity index (χ3n) is 3.41. The summed E-state index contributed by atoms with van der Waals surface area (Å²) in [6.45, 7) is 0.772. The van der Waals surface area contributed by atoms with Crippen LogP contribution in [0.2, 0.25) is 0 Å². The molecule has 0 bridgehead atoms. The first kappa shape index (κ1) is 16.3. The molecule has 1 saturated heterocycles. The molecule has 3 N–H and O–H groups in total. The van der Waals surface area contributed by atoms with Gasteiger partial charge in [0.1, 0.15) is 10.8 Å². The molecule has 21 heavy (non-hydrogen) atoms. The van der Waals surface area contributed by atoms with E-state index in [2.05, 4.69) is 4.72 Å². The molecule has 0 spiro atoms. The molecule has 0 aliphatic carbocycles. The molecule has 0 amide bonds. The highest BCUT2D eigenvalue weighted by atomic mass is 32.2. The van der Waals surface area contributed by atoms with Gasteiger partial charge in [0.2, 0.25) is 10.0 Å². The van der Waals surface area contributed by atoms with E-state index >= 15 is 0 Å². The summed E-state index contributed by atoms with van der Waals surface area (Å²) in [5.74, 6) is -0.532. The smallest absolute Gasteiger partial charge is 0.214 e. The Balaban J connectivity index is 2.03. The van der Waals surface area contributed by atoms with Crippen molar-refractivity contribution < 1.29 is 17.5 Å². The quantitative estimate of drug-likeness (QED) is 0.788. The number of hydrogen-bond acceptors (Lipinski definition) is 4. The molecule has 1 heterocycles. The first-order chi connectivity index (χ1) is 9.90. The van der Waals surface area contributed by atoms with Gasteiger partial charge in [0, 0.05) is 30.9 Å². The number of nitrogens with two attached hydrogens (primary N) is 1. The third-order valence-corrected chi connectivity index (χ3v) is 5.54. The minimum absolute atomic E-state index is 0.0941. The topological polar surface area (TPSA) is 81.4 Å². The lowest BCUT2D eigenvalue weighted by molar-refractivity contribution is 0.0981. The monoisotopic (exact) mass is 332 g/mol. The fraction of sp³-hybridized carbons (Fsp3) is 0.462. The van der Waals surface area contributed by atoms with E-state index in [9.17, 15) is 12.8 Å². The number of benzene rings is 1. The van der Waals surface area contributed by atoms with E-state index in [1.54, 1.807) is 6.07 Å². The Labute approximate surface area is 128 Å². The van der Waals surface area contributed by atoms with Crippen LogP contribution in [-0.2, 0) is 21.3 Å². The predicted molar refractivity (Wildman–Crippen MR) is 81.9 cm³/mol. The summed E-state index contributed by atoms with van der Waals surface area (Å²) >= 11 is 4.76. The fourth-order valence-corrected chi connectivity index (χ4v) is 3.66. The maximum absolute atomic E-state index is 13.9. The second-order valence-electron chi connectivity index (χ2n) is 4.85. The zero-order valence-electron chi connectivity index (χ0n) is 11.3. The summed E-state index contributed by atoms with van der Waals surface area (Å²) in [7, 11) is -3.47. The SMILES string of the molecule is NC(=S)c1ccc(CNS(=O)(=O)C2CCOCC2)c(F)c1. The van der Waals surface area contributed by atoms with Crippen LogP contribution in [0.3, 0.4) is 0 Å². The van der Waals surface area contributed by atoms with Crippen LogP contribution < -0.4 is 10.5 Å². The normalized spacial score (nSPS) is 16.8. The van der Waals surface area contributed by atoms with Gasteiger partial charge < -0.3 is 10.5 Å². The van der Waals surface area contributed by atoms with Crippen molar-refractivity contribution in [1.82, 2.24) is 4.72 Å². The van der Waals surface area contributed by atoms with E-state index < -0.39 is 21.1 Å². The van der Waals surface area contributed by atoms with E-state index in [-0.39, 0.29) is 17.1 Å². The van der Waals surface area contributed by atoms with Gasteiger partial charge in [-0.2, -0.15) is 0 Å². The van der Waals surface area contributed by atoms with Crippen LogP contribution in [0.1, 0.15) is 24.0 Å². The number of sulfonamides is 1. The summed E-state index contributed by atoms with van der Waals surface area (Å²) in [6, 6.07) is 4.26. The van der Waals surface area contributed by atoms with Gasteiger partial charge >= 0.3 is 0 Å². The highest BCUT2D eigenvalue weighted by Crippen LogP contribution is 2.16. The predicted octanol–water partition coefficient (Wildman–Crippen LogP) is 1.06. The van der Waals surface area contributed by atoms with Crippen LogP contribution in [0, 0.1) is 5.82 Å². The molecule has 0 radical (unpaired) electrons. The molecule has 0 unspecified atom stereocenters. The van der Waals surface area contributed by atoms with Crippen LogP contribution in [0.4, 0.5) is 4.39 Å². The molecular weight excluding hydrogens is 315 g/mol. The van der Waals surface area contributed by atoms with Crippen molar-refractivity contribution in [2.75, 3.05) is 13.2 Å². The zero-order valence-corrected chi connectivity index (χ0v) is 13.0. The first-order valence-electron chi connectivity index (χ1n) is 6.54. The average Bonchev–Trinajstić information content (AvgIpc) is 2.46. The minimum Gasteiger partial charge on any atom is -0.389 e. The molecule has 5 nitrogen and oxygen atoms in total. The molecule has 1 aliphatic rings. The molecule has 1 aromatic rings. The first-order valence-corrected chi connectivity index (χ1v) is 8.50. The van der Waals surface area contributed by atoms with E-state index in [0.717, 1.165) is 0 Å².